The van der Waals surface area contributed by atoms with Crippen molar-refractivity contribution in [1.29, 1.82) is 0 Å². The average Bonchev–Trinajstić information content (AvgIpc) is 4.02. The molecule has 0 amide bonds. The zero-order valence-corrected chi connectivity index (χ0v) is 31.8. The molecule has 2 aliphatic carbocycles. The van der Waals surface area contributed by atoms with Gasteiger partial charge in [0.05, 0.1) is 15.9 Å². The van der Waals surface area contributed by atoms with Crippen LogP contribution in [-0.4, -0.2) is 9.97 Å². The Kier molecular flexibility index (Phi) is 6.51. The second-order valence-electron chi connectivity index (χ2n) is 15.9. The minimum atomic E-state index is 0.0996. The van der Waals surface area contributed by atoms with Crippen LogP contribution in [0.2, 0.25) is 0 Å². The molecular formula is C52H34N2O2S. The fraction of sp³-hybridized carbons (Fsp3) is 0.115. The predicted octanol–water partition coefficient (Wildman–Crippen LogP) is 14.9. The van der Waals surface area contributed by atoms with Gasteiger partial charge in [0.15, 0.2) is 5.82 Å². The molecule has 4 aromatic heterocycles. The first-order valence-electron chi connectivity index (χ1n) is 20.0. The van der Waals surface area contributed by atoms with E-state index in [4.69, 9.17) is 18.8 Å². The Balaban J connectivity index is 0.990. The van der Waals surface area contributed by atoms with Gasteiger partial charge in [-0.15, -0.1) is 11.3 Å². The molecule has 11 aromatic rings. The molecule has 5 heteroatoms. The van der Waals surface area contributed by atoms with E-state index in [1.54, 1.807) is 11.3 Å². The van der Waals surface area contributed by atoms with Crippen molar-refractivity contribution in [2.75, 3.05) is 0 Å². The van der Waals surface area contributed by atoms with Gasteiger partial charge in [0, 0.05) is 53.7 Å². The summed E-state index contributed by atoms with van der Waals surface area (Å²) >= 11 is 1.74. The van der Waals surface area contributed by atoms with Crippen molar-refractivity contribution in [2.24, 2.45) is 0 Å². The molecule has 13 rings (SSSR count). The number of rotatable bonds is 3. The third kappa shape index (κ3) is 4.43. The molecule has 0 atom stereocenters. The molecule has 0 saturated heterocycles. The molecule has 1 fully saturated rings. The Morgan fingerprint density at radius 2 is 1.16 bits per heavy atom. The first kappa shape index (κ1) is 31.6. The largest absolute Gasteiger partial charge is 0.456 e. The Bertz CT molecular complexity index is 3470. The van der Waals surface area contributed by atoms with Crippen LogP contribution in [0.5, 0.6) is 0 Å². The molecule has 0 bridgehead atoms. The highest BCUT2D eigenvalue weighted by atomic mass is 32.1. The van der Waals surface area contributed by atoms with Crippen molar-refractivity contribution in [3.05, 3.63) is 157 Å². The maximum atomic E-state index is 6.95. The maximum Gasteiger partial charge on any atom is 0.160 e. The molecule has 1 spiro atoms. The molecule has 57 heavy (non-hydrogen) atoms. The zero-order valence-electron chi connectivity index (χ0n) is 31.0. The number of fused-ring (bicyclic) bond motifs is 14. The van der Waals surface area contributed by atoms with E-state index in [2.05, 4.69) is 133 Å². The first-order valence-corrected chi connectivity index (χ1v) is 20.8. The van der Waals surface area contributed by atoms with E-state index < -0.39 is 0 Å². The molecule has 0 N–H and O–H groups in total. The number of hydrogen-bond donors (Lipinski definition) is 0. The quantitative estimate of drug-likeness (QED) is 0.180. The highest BCUT2D eigenvalue weighted by Gasteiger charge is 2.44. The van der Waals surface area contributed by atoms with E-state index in [0.717, 1.165) is 81.9 Å². The lowest BCUT2D eigenvalue weighted by molar-refractivity contribution is 0.353. The maximum absolute atomic E-state index is 6.95. The van der Waals surface area contributed by atoms with E-state index in [1.165, 1.54) is 64.6 Å². The second-order valence-corrected chi connectivity index (χ2v) is 16.9. The Hall–Kier alpha value is -6.56. The smallest absolute Gasteiger partial charge is 0.160 e. The van der Waals surface area contributed by atoms with Gasteiger partial charge in [-0.2, -0.15) is 0 Å². The summed E-state index contributed by atoms with van der Waals surface area (Å²) in [5, 5.41) is 5.55. The van der Waals surface area contributed by atoms with E-state index in [-0.39, 0.29) is 5.41 Å². The molecular weight excluding hydrogens is 717 g/mol. The van der Waals surface area contributed by atoms with Gasteiger partial charge in [-0.25, -0.2) is 9.97 Å². The van der Waals surface area contributed by atoms with Crippen LogP contribution in [0.3, 0.4) is 0 Å². The van der Waals surface area contributed by atoms with Crippen molar-refractivity contribution in [2.45, 2.75) is 37.5 Å². The molecule has 0 unspecified atom stereocenters. The minimum absolute atomic E-state index is 0.0996. The lowest BCUT2D eigenvalue weighted by Crippen LogP contribution is -2.27. The van der Waals surface area contributed by atoms with Crippen molar-refractivity contribution in [1.82, 2.24) is 9.97 Å². The minimum Gasteiger partial charge on any atom is -0.456 e. The number of thiophene rings is 1. The molecule has 0 aliphatic heterocycles. The van der Waals surface area contributed by atoms with Crippen molar-refractivity contribution < 1.29 is 8.83 Å². The van der Waals surface area contributed by atoms with Crippen LogP contribution in [0.25, 0.3) is 109 Å². The summed E-state index contributed by atoms with van der Waals surface area (Å²) in [6, 6.07) is 52.3. The summed E-state index contributed by atoms with van der Waals surface area (Å²) in [6.45, 7) is 0. The summed E-state index contributed by atoms with van der Waals surface area (Å²) < 4.78 is 15.5. The summed E-state index contributed by atoms with van der Waals surface area (Å²) in [7, 11) is 0. The average molecular weight is 751 g/mol. The lowest BCUT2D eigenvalue weighted by Gasteiger charge is -2.36. The third-order valence-corrected chi connectivity index (χ3v) is 14.1. The van der Waals surface area contributed by atoms with Crippen LogP contribution in [-0.2, 0) is 5.41 Å². The van der Waals surface area contributed by atoms with Crippen LogP contribution in [0.4, 0.5) is 0 Å². The van der Waals surface area contributed by atoms with Crippen molar-refractivity contribution in [3.63, 3.8) is 0 Å². The van der Waals surface area contributed by atoms with Crippen LogP contribution >= 0.6 is 11.3 Å². The Morgan fingerprint density at radius 3 is 2.09 bits per heavy atom. The number of benzene rings is 7. The summed E-state index contributed by atoms with van der Waals surface area (Å²) in [4.78, 5) is 10.6. The van der Waals surface area contributed by atoms with Crippen LogP contribution < -0.4 is 0 Å². The van der Waals surface area contributed by atoms with Gasteiger partial charge in [0.2, 0.25) is 0 Å². The Labute approximate surface area is 332 Å². The van der Waals surface area contributed by atoms with Crippen molar-refractivity contribution in [3.8, 4) is 44.9 Å². The van der Waals surface area contributed by atoms with Gasteiger partial charge in [-0.3, -0.25) is 0 Å². The number of para-hydroxylation sites is 2. The number of aromatic nitrogens is 2. The highest BCUT2D eigenvalue weighted by Crippen LogP contribution is 2.58. The third-order valence-electron chi connectivity index (χ3n) is 12.9. The highest BCUT2D eigenvalue weighted by molar-refractivity contribution is 7.26. The van der Waals surface area contributed by atoms with Crippen LogP contribution in [0.1, 0.15) is 43.2 Å². The SMILES string of the molecule is c1ccc2c(c1)-c1c(-c3cccc4c3oc3cc(-c5nc(-c6ccc7c(c6)oc6ccccc67)c6sc7ccccc7c6n5)ccc34)cccc1C21CCCCC1. The molecule has 0 radical (unpaired) electrons. The van der Waals surface area contributed by atoms with Gasteiger partial charge < -0.3 is 8.83 Å². The molecule has 7 aromatic carbocycles. The molecule has 270 valence electrons. The van der Waals surface area contributed by atoms with Gasteiger partial charge in [0.1, 0.15) is 22.3 Å². The van der Waals surface area contributed by atoms with Gasteiger partial charge in [-0.05, 0) is 77.1 Å². The zero-order chi connectivity index (χ0) is 37.2. The summed E-state index contributed by atoms with van der Waals surface area (Å²) in [6.07, 6.45) is 6.29. The number of hydrogen-bond acceptors (Lipinski definition) is 5. The van der Waals surface area contributed by atoms with Crippen molar-refractivity contribution >= 4 is 75.5 Å². The molecule has 4 heterocycles. The van der Waals surface area contributed by atoms with Crippen LogP contribution in [0.15, 0.2) is 154 Å². The second kappa shape index (κ2) is 11.7. The Morgan fingerprint density at radius 1 is 0.491 bits per heavy atom. The van der Waals surface area contributed by atoms with Gasteiger partial charge in [0.25, 0.3) is 0 Å². The molecule has 4 nitrogen and oxygen atoms in total. The van der Waals surface area contributed by atoms with Crippen LogP contribution in [0, 0.1) is 0 Å². The molecule has 1 saturated carbocycles. The standard InChI is InChI=1S/C52H34N2O2S/c1-8-26-52(27-9-1)40-18-5-2-13-38(40)46-35(15-11-19-41(46)52)37-17-10-16-36-34-25-23-31(29-44(34)56-49(36)37)51-53-47(50-48(54-51)39-14-4-7-21-45(39)57-50)30-22-24-33-32-12-3-6-20-42(32)55-43(33)28-30/h2-7,10-25,28-29H,1,8-9,26-27H2. The summed E-state index contributed by atoms with van der Waals surface area (Å²) in [5.41, 5.74) is 15.5. The normalized spacial score (nSPS) is 14.8. The monoisotopic (exact) mass is 750 g/mol. The fourth-order valence-electron chi connectivity index (χ4n) is 10.4. The molecule has 2 aliphatic rings. The van der Waals surface area contributed by atoms with Gasteiger partial charge >= 0.3 is 0 Å². The van der Waals surface area contributed by atoms with E-state index >= 15 is 0 Å². The summed E-state index contributed by atoms with van der Waals surface area (Å²) in [5.74, 6) is 0.670. The van der Waals surface area contributed by atoms with E-state index in [1.807, 2.05) is 12.1 Å². The topological polar surface area (TPSA) is 52.1 Å². The lowest BCUT2D eigenvalue weighted by atomic mass is 9.68. The fourth-order valence-corrected chi connectivity index (χ4v) is 11.5. The van der Waals surface area contributed by atoms with E-state index in [0.29, 0.717) is 5.82 Å². The predicted molar refractivity (Wildman–Crippen MR) is 235 cm³/mol. The number of nitrogens with zero attached hydrogens (tertiary/aromatic N) is 2. The number of furan rings is 2. The van der Waals surface area contributed by atoms with E-state index in [9.17, 15) is 0 Å². The van der Waals surface area contributed by atoms with Gasteiger partial charge in [-0.1, -0.05) is 128 Å². The first-order chi connectivity index (χ1) is 28.2.